The Hall–Kier alpha value is -2.07. The van der Waals surface area contributed by atoms with Crippen LogP contribution in [0.5, 0.6) is 0 Å². The molecule has 2 aromatic rings. The Morgan fingerprint density at radius 2 is 1.72 bits per heavy atom. The van der Waals surface area contributed by atoms with E-state index in [0.717, 1.165) is 0 Å². The molecule has 36 heavy (non-hydrogen) atoms. The van der Waals surface area contributed by atoms with Crippen molar-refractivity contribution in [1.29, 1.82) is 0 Å². The molecule has 190 valence electrons. The Morgan fingerprint density at radius 1 is 1.06 bits per heavy atom. The van der Waals surface area contributed by atoms with Crippen LogP contribution in [-0.2, 0) is 14.4 Å². The van der Waals surface area contributed by atoms with Gasteiger partial charge >= 0.3 is 0 Å². The van der Waals surface area contributed by atoms with Crippen molar-refractivity contribution in [1.82, 2.24) is 4.90 Å². The number of rotatable bonds is 8. The summed E-state index contributed by atoms with van der Waals surface area (Å²) >= 11 is 11.4. The molecule has 1 spiro atoms. The van der Waals surface area contributed by atoms with Crippen LogP contribution in [0, 0.1) is 11.8 Å². The summed E-state index contributed by atoms with van der Waals surface area (Å²) in [6.45, 7) is 0.363. The Balaban J connectivity index is 1.47. The van der Waals surface area contributed by atoms with Crippen molar-refractivity contribution < 1.29 is 19.5 Å². The second-order valence-corrected chi connectivity index (χ2v) is 12.6. The largest absolute Gasteiger partial charge is 0.396 e. The molecule has 0 aliphatic carbocycles. The number of fused-ring (bicyclic) bond motifs is 1. The Morgan fingerprint density at radius 3 is 2.42 bits per heavy atom. The highest BCUT2D eigenvalue weighted by molar-refractivity contribution is 9.09. The summed E-state index contributed by atoms with van der Waals surface area (Å²) in [7, 11) is 0. The van der Waals surface area contributed by atoms with Crippen molar-refractivity contribution in [2.45, 2.75) is 40.1 Å². The van der Waals surface area contributed by atoms with E-state index in [4.69, 9.17) is 11.6 Å². The first kappa shape index (κ1) is 25.6. The number of unbranched alkanes of at least 4 members (excludes halogenated alkanes) is 1. The normalized spacial score (nSPS) is 30.4. The van der Waals surface area contributed by atoms with E-state index in [1.165, 1.54) is 0 Å². The maximum absolute atomic E-state index is 13.9. The van der Waals surface area contributed by atoms with Crippen LogP contribution < -0.4 is 10.6 Å². The lowest BCUT2D eigenvalue weighted by Gasteiger charge is -2.35. The summed E-state index contributed by atoms with van der Waals surface area (Å²) in [5.74, 6) is -1.78. The van der Waals surface area contributed by atoms with E-state index in [1.807, 2.05) is 30.3 Å². The lowest BCUT2D eigenvalue weighted by Crippen LogP contribution is -2.52. The van der Waals surface area contributed by atoms with Gasteiger partial charge in [-0.15, -0.1) is 11.8 Å². The zero-order valence-electron chi connectivity index (χ0n) is 19.4. The summed E-state index contributed by atoms with van der Waals surface area (Å²) < 4.78 is -0.718. The highest BCUT2D eigenvalue weighted by atomic mass is 79.9. The molecule has 3 saturated heterocycles. The smallest absolute Gasteiger partial charge is 0.248 e. The van der Waals surface area contributed by atoms with Gasteiger partial charge in [0, 0.05) is 39.6 Å². The van der Waals surface area contributed by atoms with Crippen LogP contribution in [0.4, 0.5) is 11.4 Å². The van der Waals surface area contributed by atoms with Gasteiger partial charge < -0.3 is 20.6 Å². The number of benzene rings is 2. The average Bonchev–Trinajstić information content (AvgIpc) is 3.45. The summed E-state index contributed by atoms with van der Waals surface area (Å²) in [6, 6.07) is 15.3. The lowest BCUT2D eigenvalue weighted by atomic mass is 9.70. The monoisotopic (exact) mass is 591 g/mol. The SMILES string of the molecule is O=C(Nc1ccc(Cl)cc1)C1N(CCCCO)C(=O)[C@@H]2[C@H](C(=O)Nc3ccccc3)[C@H]3SC12CC3Br. The highest BCUT2D eigenvalue weighted by Gasteiger charge is 2.75. The van der Waals surface area contributed by atoms with Crippen LogP contribution in [0.2, 0.25) is 5.02 Å². The topological polar surface area (TPSA) is 98.7 Å². The van der Waals surface area contributed by atoms with E-state index in [1.54, 1.807) is 40.9 Å². The predicted octanol–water partition coefficient (Wildman–Crippen LogP) is 4.15. The van der Waals surface area contributed by atoms with Gasteiger partial charge in [-0.3, -0.25) is 14.4 Å². The molecule has 3 N–H and O–H groups in total. The Bertz CT molecular complexity index is 1150. The Labute approximate surface area is 227 Å². The number of carbonyl (C=O) groups is 3. The number of aliphatic hydroxyl groups is 1. The molecule has 5 rings (SSSR count). The number of alkyl halides is 1. The molecule has 0 aromatic heterocycles. The van der Waals surface area contributed by atoms with E-state index >= 15 is 0 Å². The fraction of sp³-hybridized carbons (Fsp3) is 0.423. The van der Waals surface area contributed by atoms with Gasteiger partial charge in [-0.2, -0.15) is 0 Å². The van der Waals surface area contributed by atoms with Crippen molar-refractivity contribution in [3.05, 3.63) is 59.6 Å². The van der Waals surface area contributed by atoms with Gasteiger partial charge in [-0.1, -0.05) is 45.7 Å². The number of nitrogens with zero attached hydrogens (tertiary/aromatic N) is 1. The Kier molecular flexibility index (Phi) is 7.36. The van der Waals surface area contributed by atoms with Crippen molar-refractivity contribution in [2.24, 2.45) is 11.8 Å². The number of aliphatic hydroxyl groups excluding tert-OH is 1. The average molecular weight is 593 g/mol. The van der Waals surface area contributed by atoms with Gasteiger partial charge in [-0.25, -0.2) is 0 Å². The lowest BCUT2D eigenvalue weighted by molar-refractivity contribution is -0.138. The van der Waals surface area contributed by atoms with Crippen molar-refractivity contribution in [3.8, 4) is 0 Å². The van der Waals surface area contributed by atoms with Crippen molar-refractivity contribution >= 4 is 68.4 Å². The molecule has 3 unspecified atom stereocenters. The quantitative estimate of drug-likeness (QED) is 0.316. The van der Waals surface area contributed by atoms with Crippen LogP contribution >= 0.6 is 39.3 Å². The van der Waals surface area contributed by atoms with E-state index in [9.17, 15) is 19.5 Å². The first-order valence-corrected chi connectivity index (χ1v) is 14.2. The van der Waals surface area contributed by atoms with E-state index in [0.29, 0.717) is 42.2 Å². The fourth-order valence-corrected chi connectivity index (χ4v) is 9.59. The van der Waals surface area contributed by atoms with Gasteiger partial charge in [-0.05, 0) is 55.7 Å². The van der Waals surface area contributed by atoms with Crippen molar-refractivity contribution in [2.75, 3.05) is 23.8 Å². The van der Waals surface area contributed by atoms with Gasteiger partial charge in [0.15, 0.2) is 0 Å². The number of halogens is 2. The molecule has 3 heterocycles. The number of anilines is 2. The van der Waals surface area contributed by atoms with Crippen LogP contribution in [0.3, 0.4) is 0 Å². The van der Waals surface area contributed by atoms with Gasteiger partial charge in [0.25, 0.3) is 0 Å². The van der Waals surface area contributed by atoms with Crippen LogP contribution in [0.15, 0.2) is 54.6 Å². The third kappa shape index (κ3) is 4.44. The van der Waals surface area contributed by atoms with Crippen molar-refractivity contribution in [3.63, 3.8) is 0 Å². The molecule has 3 fully saturated rings. The molecule has 2 bridgehead atoms. The number of likely N-dealkylation sites (tertiary alicyclic amines) is 1. The molecule has 6 atom stereocenters. The zero-order chi connectivity index (χ0) is 25.4. The number of thioether (sulfide) groups is 1. The number of hydrogen-bond acceptors (Lipinski definition) is 5. The molecule has 3 aliphatic rings. The molecule has 0 saturated carbocycles. The molecule has 2 aromatic carbocycles. The summed E-state index contributed by atoms with van der Waals surface area (Å²) in [6.07, 6.45) is 1.72. The van der Waals surface area contributed by atoms with Gasteiger partial charge in [0.2, 0.25) is 17.7 Å². The summed E-state index contributed by atoms with van der Waals surface area (Å²) in [4.78, 5) is 42.9. The molecule has 0 radical (unpaired) electrons. The molecule has 3 aliphatic heterocycles. The minimum absolute atomic E-state index is 0.00120. The summed E-state index contributed by atoms with van der Waals surface area (Å²) in [5.41, 5.74) is 1.27. The fourth-order valence-electron chi connectivity index (χ4n) is 5.86. The van der Waals surface area contributed by atoms with Gasteiger partial charge in [0.05, 0.1) is 16.6 Å². The summed E-state index contributed by atoms with van der Waals surface area (Å²) in [5, 5.41) is 15.7. The number of hydrogen-bond donors (Lipinski definition) is 3. The third-order valence-corrected chi connectivity index (χ3v) is 10.8. The second-order valence-electron chi connectivity index (χ2n) is 9.48. The maximum Gasteiger partial charge on any atom is 0.248 e. The van der Waals surface area contributed by atoms with E-state index < -0.39 is 22.6 Å². The molecule has 3 amide bonds. The number of amides is 3. The van der Waals surface area contributed by atoms with Gasteiger partial charge in [0.1, 0.15) is 6.04 Å². The first-order valence-electron chi connectivity index (χ1n) is 12.0. The highest BCUT2D eigenvalue weighted by Crippen LogP contribution is 2.67. The maximum atomic E-state index is 13.9. The minimum atomic E-state index is -0.728. The number of para-hydroxylation sites is 1. The second kappa shape index (κ2) is 10.4. The molecular weight excluding hydrogens is 566 g/mol. The molecular formula is C26H27BrClN3O4S. The van der Waals surface area contributed by atoms with Crippen LogP contribution in [0.25, 0.3) is 0 Å². The molecule has 10 heteroatoms. The third-order valence-electron chi connectivity index (χ3n) is 7.30. The number of nitrogens with one attached hydrogen (secondary N) is 2. The van der Waals surface area contributed by atoms with Crippen LogP contribution in [0.1, 0.15) is 19.3 Å². The first-order chi connectivity index (χ1) is 17.4. The van der Waals surface area contributed by atoms with E-state index in [2.05, 4.69) is 26.6 Å². The van der Waals surface area contributed by atoms with E-state index in [-0.39, 0.29) is 34.4 Å². The predicted molar refractivity (Wildman–Crippen MR) is 145 cm³/mol. The zero-order valence-corrected chi connectivity index (χ0v) is 22.6. The molecule has 7 nitrogen and oxygen atoms in total. The minimum Gasteiger partial charge on any atom is -0.396 e. The van der Waals surface area contributed by atoms with Crippen LogP contribution in [-0.4, -0.2) is 61.7 Å². The number of carbonyl (C=O) groups excluding carboxylic acids is 3. The standard InChI is InChI=1S/C26H27BrClN3O4S/c27-18-14-26-20(19(21(18)36-26)23(33)29-16-6-2-1-3-7-16)25(35)31(12-4-5-13-32)22(26)24(34)30-17-10-8-15(28)9-11-17/h1-3,6-11,18-22,32H,4-5,12-14H2,(H,29,33)(H,30,34)/t18?,19-,20-,21-,22?,26?/m0/s1.